The van der Waals surface area contributed by atoms with Crippen LogP contribution in [-0.2, 0) is 6.54 Å². The maximum Gasteiger partial charge on any atom is 0.148 e. The van der Waals surface area contributed by atoms with Gasteiger partial charge in [-0.2, -0.15) is 0 Å². The van der Waals surface area contributed by atoms with Gasteiger partial charge in [0, 0.05) is 28.7 Å². The summed E-state index contributed by atoms with van der Waals surface area (Å²) < 4.78 is 6.70. The number of hydrogen-bond donors (Lipinski definition) is 1. The van der Waals surface area contributed by atoms with Crippen LogP contribution in [0.25, 0.3) is 0 Å². The van der Waals surface area contributed by atoms with Crippen LogP contribution in [0.1, 0.15) is 31.2 Å². The summed E-state index contributed by atoms with van der Waals surface area (Å²) >= 11 is 3.53. The molecule has 22 heavy (non-hydrogen) atoms. The maximum absolute atomic E-state index is 5.63. The van der Waals surface area contributed by atoms with Gasteiger partial charge < -0.3 is 15.0 Å². The van der Waals surface area contributed by atoms with Gasteiger partial charge in [-0.25, -0.2) is 0 Å². The minimum atomic E-state index is 0.314. The van der Waals surface area contributed by atoms with Crippen molar-refractivity contribution in [1.82, 2.24) is 10.2 Å². The Morgan fingerprint density at radius 1 is 1.27 bits per heavy atom. The Hall–Kier alpha value is -1.02. The predicted molar refractivity (Wildman–Crippen MR) is 92.9 cm³/mol. The van der Waals surface area contributed by atoms with Crippen LogP contribution >= 0.6 is 15.9 Å². The van der Waals surface area contributed by atoms with E-state index in [9.17, 15) is 0 Å². The van der Waals surface area contributed by atoms with Gasteiger partial charge in [-0.05, 0) is 57.0 Å². The first-order valence-electron chi connectivity index (χ1n) is 8.08. The second-order valence-corrected chi connectivity index (χ2v) is 7.08. The zero-order valence-corrected chi connectivity index (χ0v) is 14.4. The summed E-state index contributed by atoms with van der Waals surface area (Å²) in [7, 11) is 0. The Bertz CT molecular complexity index is 543. The van der Waals surface area contributed by atoms with Crippen molar-refractivity contribution in [2.75, 3.05) is 19.7 Å². The van der Waals surface area contributed by atoms with E-state index in [4.69, 9.17) is 11.2 Å². The van der Waals surface area contributed by atoms with E-state index in [1.165, 1.54) is 38.8 Å². The average molecular weight is 363 g/mol. The van der Waals surface area contributed by atoms with Gasteiger partial charge in [0.25, 0.3) is 0 Å². The molecule has 3 nitrogen and oxygen atoms in total. The van der Waals surface area contributed by atoms with Crippen molar-refractivity contribution in [1.29, 1.82) is 0 Å². The fraction of sp³-hybridized carbons (Fsp3) is 0.556. The summed E-state index contributed by atoms with van der Waals surface area (Å²) in [6, 6.07) is 7.58. The molecule has 118 valence electrons. The molecule has 2 aliphatic rings. The van der Waals surface area contributed by atoms with Crippen molar-refractivity contribution >= 4 is 15.9 Å². The highest BCUT2D eigenvalue weighted by atomic mass is 79.9. The molecule has 1 saturated heterocycles. The molecular formula is C18H23BrN2O. The summed E-state index contributed by atoms with van der Waals surface area (Å²) in [5.74, 6) is 3.40. The predicted octanol–water partition coefficient (Wildman–Crippen LogP) is 3.18. The third kappa shape index (κ3) is 4.25. The highest BCUT2D eigenvalue weighted by Gasteiger charge is 2.31. The van der Waals surface area contributed by atoms with Gasteiger partial charge in [0.15, 0.2) is 0 Å². The largest absolute Gasteiger partial charge is 0.481 e. The van der Waals surface area contributed by atoms with E-state index in [-0.39, 0.29) is 0 Å². The lowest BCUT2D eigenvalue weighted by Crippen LogP contribution is -2.43. The van der Waals surface area contributed by atoms with Gasteiger partial charge in [0.1, 0.15) is 12.4 Å². The van der Waals surface area contributed by atoms with Crippen LogP contribution in [0.4, 0.5) is 0 Å². The first-order valence-corrected chi connectivity index (χ1v) is 8.87. The molecule has 1 aliphatic heterocycles. The summed E-state index contributed by atoms with van der Waals surface area (Å²) in [6.07, 6.45) is 10.6. The number of ether oxygens (including phenoxy) is 1. The Balaban J connectivity index is 1.52. The van der Waals surface area contributed by atoms with Crippen molar-refractivity contribution in [3.05, 3.63) is 28.2 Å². The summed E-state index contributed by atoms with van der Waals surface area (Å²) in [5.41, 5.74) is 1.16. The fourth-order valence-electron chi connectivity index (χ4n) is 3.11. The van der Waals surface area contributed by atoms with Crippen molar-refractivity contribution < 1.29 is 4.74 Å². The summed E-state index contributed by atoms with van der Waals surface area (Å²) in [6.45, 7) is 3.62. The molecule has 2 fully saturated rings. The second kappa shape index (κ2) is 7.50. The lowest BCUT2D eigenvalue weighted by molar-refractivity contribution is 0.189. The van der Waals surface area contributed by atoms with Crippen molar-refractivity contribution in [3.8, 4) is 18.1 Å². The van der Waals surface area contributed by atoms with Crippen molar-refractivity contribution in [2.45, 2.75) is 44.3 Å². The third-order valence-electron chi connectivity index (χ3n) is 4.51. The monoisotopic (exact) mass is 362 g/mol. The molecule has 0 amide bonds. The molecule has 0 atom stereocenters. The first kappa shape index (κ1) is 15.9. The van der Waals surface area contributed by atoms with Crippen LogP contribution in [0.5, 0.6) is 5.75 Å². The number of likely N-dealkylation sites (tertiary alicyclic amines) is 1. The lowest BCUT2D eigenvalue weighted by atomic mass is 10.0. The highest BCUT2D eigenvalue weighted by Crippen LogP contribution is 2.29. The van der Waals surface area contributed by atoms with Gasteiger partial charge in [-0.15, -0.1) is 6.42 Å². The Labute approximate surface area is 141 Å². The number of nitrogens with one attached hydrogen (secondary N) is 1. The number of nitrogens with zero attached hydrogens (tertiary/aromatic N) is 1. The molecule has 1 heterocycles. The third-order valence-corrected chi connectivity index (χ3v) is 5.00. The van der Waals surface area contributed by atoms with E-state index in [0.29, 0.717) is 12.6 Å². The number of terminal acetylenes is 1. The highest BCUT2D eigenvalue weighted by molar-refractivity contribution is 9.10. The molecule has 1 aromatic carbocycles. The average Bonchev–Trinajstić information content (AvgIpc) is 3.37. The van der Waals surface area contributed by atoms with Crippen molar-refractivity contribution in [2.24, 2.45) is 0 Å². The minimum absolute atomic E-state index is 0.314. The Kier molecular flexibility index (Phi) is 5.41. The molecule has 1 saturated carbocycles. The molecule has 1 aromatic rings. The number of hydrogen-bond acceptors (Lipinski definition) is 3. The zero-order chi connectivity index (χ0) is 15.4. The standard InChI is InChI=1S/C18H23BrN2O/c1-2-11-22-18-6-3-15(19)12-14(18)13-20-16-7-9-21(10-8-16)17-4-5-17/h1,3,6,12,16-17,20H,4-5,7-11,13H2. The SMILES string of the molecule is C#CCOc1ccc(Br)cc1CNC1CCN(C2CC2)CC1. The van der Waals surface area contributed by atoms with Gasteiger partial charge in [-0.1, -0.05) is 21.9 Å². The first-order chi connectivity index (χ1) is 10.8. The van der Waals surface area contributed by atoms with Gasteiger partial charge in [0.05, 0.1) is 0 Å². The molecule has 1 N–H and O–H groups in total. The number of benzene rings is 1. The van der Waals surface area contributed by atoms with Crippen LogP contribution in [0.3, 0.4) is 0 Å². The van der Waals surface area contributed by atoms with E-state index >= 15 is 0 Å². The lowest BCUT2D eigenvalue weighted by Gasteiger charge is -2.32. The Morgan fingerprint density at radius 3 is 2.73 bits per heavy atom. The van der Waals surface area contributed by atoms with Crippen LogP contribution in [0.2, 0.25) is 0 Å². The van der Waals surface area contributed by atoms with E-state index in [2.05, 4.69) is 38.1 Å². The normalized spacial score (nSPS) is 19.8. The molecule has 0 unspecified atom stereocenters. The van der Waals surface area contributed by atoms with E-state index in [0.717, 1.165) is 28.4 Å². The minimum Gasteiger partial charge on any atom is -0.481 e. The summed E-state index contributed by atoms with van der Waals surface area (Å²) in [4.78, 5) is 2.65. The molecule has 0 spiro atoms. The molecule has 3 rings (SSSR count). The van der Waals surface area contributed by atoms with Gasteiger partial charge >= 0.3 is 0 Å². The zero-order valence-electron chi connectivity index (χ0n) is 12.9. The number of rotatable bonds is 6. The smallest absolute Gasteiger partial charge is 0.148 e. The van der Waals surface area contributed by atoms with E-state index < -0.39 is 0 Å². The Morgan fingerprint density at radius 2 is 2.05 bits per heavy atom. The topological polar surface area (TPSA) is 24.5 Å². The van der Waals surface area contributed by atoms with Crippen LogP contribution in [-0.4, -0.2) is 36.7 Å². The molecule has 0 radical (unpaired) electrons. The van der Waals surface area contributed by atoms with Crippen LogP contribution < -0.4 is 10.1 Å². The quantitative estimate of drug-likeness (QED) is 0.786. The molecule has 1 aliphatic carbocycles. The molecule has 0 bridgehead atoms. The second-order valence-electron chi connectivity index (χ2n) is 6.17. The molecular weight excluding hydrogens is 340 g/mol. The van der Waals surface area contributed by atoms with Crippen LogP contribution in [0, 0.1) is 12.3 Å². The number of piperidine rings is 1. The van der Waals surface area contributed by atoms with E-state index in [1.807, 2.05) is 12.1 Å². The number of halogens is 1. The van der Waals surface area contributed by atoms with Gasteiger partial charge in [-0.3, -0.25) is 0 Å². The molecule has 4 heteroatoms. The van der Waals surface area contributed by atoms with E-state index in [1.54, 1.807) is 0 Å². The molecule has 0 aromatic heterocycles. The van der Waals surface area contributed by atoms with Crippen molar-refractivity contribution in [3.63, 3.8) is 0 Å². The summed E-state index contributed by atoms with van der Waals surface area (Å²) in [5, 5.41) is 3.68. The fourth-order valence-corrected chi connectivity index (χ4v) is 3.52. The maximum atomic E-state index is 5.63. The van der Waals surface area contributed by atoms with Crippen LogP contribution in [0.15, 0.2) is 22.7 Å². The van der Waals surface area contributed by atoms with Gasteiger partial charge in [0.2, 0.25) is 0 Å².